The van der Waals surface area contributed by atoms with Crippen LogP contribution in [0.4, 0.5) is 0 Å². The van der Waals surface area contributed by atoms with Crippen molar-refractivity contribution in [2.45, 2.75) is 19.4 Å². The molecule has 0 aromatic carbocycles. The second-order valence-electron chi connectivity index (χ2n) is 6.40. The van der Waals surface area contributed by atoms with Crippen LogP contribution in [0, 0.1) is 5.92 Å². The van der Waals surface area contributed by atoms with Gasteiger partial charge in [0.05, 0.1) is 12.7 Å². The van der Waals surface area contributed by atoms with Crippen molar-refractivity contribution in [3.05, 3.63) is 42.7 Å². The van der Waals surface area contributed by atoms with Gasteiger partial charge in [-0.15, -0.1) is 0 Å². The Hall–Kier alpha value is -2.94. The standard InChI is InChI=1S/C17H19N7O2/c1-23-8-6-20-17(23)15(25)12-3-2-7-24(10-12)11-14-21-16(22-26-14)13-9-18-4-5-19-13/h4-6,8-9,12H,2-3,7,10-11H2,1H3/t12-/m0/s1. The zero-order valence-electron chi connectivity index (χ0n) is 14.4. The molecule has 1 fully saturated rings. The number of carbonyl (C=O) groups is 1. The predicted molar refractivity (Wildman–Crippen MR) is 90.9 cm³/mol. The molecule has 0 unspecified atom stereocenters. The molecule has 3 aromatic rings. The lowest BCUT2D eigenvalue weighted by molar-refractivity contribution is 0.0783. The van der Waals surface area contributed by atoms with Crippen molar-refractivity contribution in [2.75, 3.05) is 13.1 Å². The molecule has 4 heterocycles. The summed E-state index contributed by atoms with van der Waals surface area (Å²) in [6, 6.07) is 0. The quantitative estimate of drug-likeness (QED) is 0.633. The van der Waals surface area contributed by atoms with E-state index in [2.05, 4.69) is 30.0 Å². The highest BCUT2D eigenvalue weighted by atomic mass is 16.5. The minimum Gasteiger partial charge on any atom is -0.337 e. The van der Waals surface area contributed by atoms with Gasteiger partial charge in [-0.25, -0.2) is 9.97 Å². The molecular formula is C17H19N7O2. The predicted octanol–water partition coefficient (Wildman–Crippen LogP) is 1.35. The molecule has 134 valence electrons. The number of aryl methyl sites for hydroxylation is 1. The summed E-state index contributed by atoms with van der Waals surface area (Å²) in [4.78, 5) is 31.6. The number of nitrogens with zero attached hydrogens (tertiary/aromatic N) is 7. The Balaban J connectivity index is 1.42. The third-order valence-corrected chi connectivity index (χ3v) is 4.54. The lowest BCUT2D eigenvalue weighted by atomic mass is 9.93. The number of piperidine rings is 1. The summed E-state index contributed by atoms with van der Waals surface area (Å²) in [6.45, 7) is 2.07. The van der Waals surface area contributed by atoms with Gasteiger partial charge in [0.1, 0.15) is 5.69 Å². The van der Waals surface area contributed by atoms with Gasteiger partial charge in [0.25, 0.3) is 0 Å². The lowest BCUT2D eigenvalue weighted by Gasteiger charge is -2.30. The molecule has 9 nitrogen and oxygen atoms in total. The number of hydrogen-bond donors (Lipinski definition) is 0. The number of carbonyl (C=O) groups excluding carboxylic acids is 1. The lowest BCUT2D eigenvalue weighted by Crippen LogP contribution is -2.39. The van der Waals surface area contributed by atoms with E-state index in [9.17, 15) is 4.79 Å². The van der Waals surface area contributed by atoms with Crippen LogP contribution >= 0.6 is 0 Å². The maximum absolute atomic E-state index is 12.7. The van der Waals surface area contributed by atoms with Crippen molar-refractivity contribution in [2.24, 2.45) is 13.0 Å². The molecule has 0 amide bonds. The number of rotatable bonds is 5. The largest absolute Gasteiger partial charge is 0.337 e. The van der Waals surface area contributed by atoms with Crippen LogP contribution in [-0.4, -0.2) is 53.4 Å². The van der Waals surface area contributed by atoms with E-state index in [0.717, 1.165) is 19.4 Å². The highest BCUT2D eigenvalue weighted by Gasteiger charge is 2.29. The van der Waals surface area contributed by atoms with Gasteiger partial charge in [-0.05, 0) is 19.4 Å². The molecule has 1 aliphatic heterocycles. The number of likely N-dealkylation sites (tertiary alicyclic amines) is 1. The first-order valence-corrected chi connectivity index (χ1v) is 8.53. The van der Waals surface area contributed by atoms with Crippen molar-refractivity contribution in [1.82, 2.24) is 34.6 Å². The smallest absolute Gasteiger partial charge is 0.241 e. The van der Waals surface area contributed by atoms with Crippen molar-refractivity contribution in [1.29, 1.82) is 0 Å². The van der Waals surface area contributed by atoms with Crippen LogP contribution < -0.4 is 0 Å². The van der Waals surface area contributed by atoms with Crippen LogP contribution in [0.2, 0.25) is 0 Å². The van der Waals surface area contributed by atoms with Crippen molar-refractivity contribution in [3.8, 4) is 11.5 Å². The molecule has 0 aliphatic carbocycles. The Morgan fingerprint density at radius 3 is 3.00 bits per heavy atom. The average Bonchev–Trinajstić information content (AvgIpc) is 3.31. The third kappa shape index (κ3) is 3.38. The maximum atomic E-state index is 12.7. The van der Waals surface area contributed by atoms with E-state index in [0.29, 0.717) is 36.3 Å². The summed E-state index contributed by atoms with van der Waals surface area (Å²) in [6.07, 6.45) is 10.0. The normalized spacial score (nSPS) is 18.1. The van der Waals surface area contributed by atoms with Crippen LogP contribution in [0.25, 0.3) is 11.5 Å². The van der Waals surface area contributed by atoms with Gasteiger partial charge in [0.2, 0.25) is 17.5 Å². The minimum atomic E-state index is -0.0627. The van der Waals surface area contributed by atoms with E-state index in [1.165, 1.54) is 0 Å². The second-order valence-corrected chi connectivity index (χ2v) is 6.40. The summed E-state index contributed by atoms with van der Waals surface area (Å²) in [5.41, 5.74) is 0.573. The SMILES string of the molecule is Cn1ccnc1C(=O)[C@H]1CCCN(Cc2nc(-c3cnccn3)no2)C1. The molecular weight excluding hydrogens is 334 g/mol. The summed E-state index contributed by atoms with van der Waals surface area (Å²) < 4.78 is 7.11. The Morgan fingerprint density at radius 2 is 2.23 bits per heavy atom. The number of hydrogen-bond acceptors (Lipinski definition) is 8. The van der Waals surface area contributed by atoms with E-state index < -0.39 is 0 Å². The molecule has 1 saturated heterocycles. The highest BCUT2D eigenvalue weighted by molar-refractivity contribution is 5.94. The van der Waals surface area contributed by atoms with Crippen molar-refractivity contribution >= 4 is 5.78 Å². The molecule has 0 N–H and O–H groups in total. The Morgan fingerprint density at radius 1 is 1.31 bits per heavy atom. The van der Waals surface area contributed by atoms with Gasteiger partial charge < -0.3 is 9.09 Å². The fraction of sp³-hybridized carbons (Fsp3) is 0.412. The fourth-order valence-corrected chi connectivity index (χ4v) is 3.23. The molecule has 3 aromatic heterocycles. The molecule has 4 rings (SSSR count). The summed E-state index contributed by atoms with van der Waals surface area (Å²) >= 11 is 0. The Labute approximate surface area is 150 Å². The van der Waals surface area contributed by atoms with Crippen LogP contribution in [0.5, 0.6) is 0 Å². The Kier molecular flexibility index (Phi) is 4.53. The molecule has 0 spiro atoms. The number of imidazole rings is 1. The first-order chi connectivity index (χ1) is 12.7. The fourth-order valence-electron chi connectivity index (χ4n) is 3.23. The van der Waals surface area contributed by atoms with Crippen LogP contribution in [0.1, 0.15) is 29.4 Å². The van der Waals surface area contributed by atoms with Gasteiger partial charge in [0, 0.05) is 44.3 Å². The molecule has 26 heavy (non-hydrogen) atoms. The summed E-state index contributed by atoms with van der Waals surface area (Å²) in [5, 5.41) is 3.96. The van der Waals surface area contributed by atoms with Gasteiger partial charge >= 0.3 is 0 Å². The molecule has 1 atom stereocenters. The monoisotopic (exact) mass is 353 g/mol. The van der Waals surface area contributed by atoms with Crippen molar-refractivity contribution in [3.63, 3.8) is 0 Å². The van der Waals surface area contributed by atoms with Gasteiger partial charge in [-0.3, -0.25) is 14.7 Å². The van der Waals surface area contributed by atoms with E-state index >= 15 is 0 Å². The minimum absolute atomic E-state index is 0.0627. The van der Waals surface area contributed by atoms with E-state index in [1.807, 2.05) is 7.05 Å². The summed E-state index contributed by atoms with van der Waals surface area (Å²) in [5.74, 6) is 1.47. The van der Waals surface area contributed by atoms with Gasteiger partial charge in [-0.1, -0.05) is 5.16 Å². The Bertz CT molecular complexity index is 889. The zero-order valence-corrected chi connectivity index (χ0v) is 14.4. The van der Waals surface area contributed by atoms with Crippen LogP contribution in [0.3, 0.4) is 0 Å². The van der Waals surface area contributed by atoms with E-state index in [1.54, 1.807) is 35.6 Å². The molecule has 0 radical (unpaired) electrons. The topological polar surface area (TPSA) is 103 Å². The second kappa shape index (κ2) is 7.12. The molecule has 9 heteroatoms. The summed E-state index contributed by atoms with van der Waals surface area (Å²) in [7, 11) is 1.84. The number of ketones is 1. The van der Waals surface area contributed by atoms with Crippen LogP contribution in [0.15, 0.2) is 35.5 Å². The van der Waals surface area contributed by atoms with Crippen molar-refractivity contribution < 1.29 is 9.32 Å². The van der Waals surface area contributed by atoms with Gasteiger partial charge in [0.15, 0.2) is 5.82 Å². The highest BCUT2D eigenvalue weighted by Crippen LogP contribution is 2.22. The van der Waals surface area contributed by atoms with Crippen LogP contribution in [-0.2, 0) is 13.6 Å². The molecule has 0 bridgehead atoms. The number of Topliss-reactive ketones (excluding diaryl/α,β-unsaturated/α-hetero) is 1. The number of aromatic nitrogens is 6. The zero-order chi connectivity index (χ0) is 17.9. The first-order valence-electron chi connectivity index (χ1n) is 8.53. The average molecular weight is 353 g/mol. The molecule has 1 aliphatic rings. The third-order valence-electron chi connectivity index (χ3n) is 4.54. The van der Waals surface area contributed by atoms with E-state index in [4.69, 9.17) is 4.52 Å². The van der Waals surface area contributed by atoms with E-state index in [-0.39, 0.29) is 11.7 Å². The first kappa shape index (κ1) is 16.5. The molecule has 0 saturated carbocycles. The maximum Gasteiger partial charge on any atom is 0.241 e. The van der Waals surface area contributed by atoms with Gasteiger partial charge in [-0.2, -0.15) is 4.98 Å².